The van der Waals surface area contributed by atoms with Crippen molar-refractivity contribution in [3.63, 3.8) is 0 Å². The molecule has 140 valence electrons. The molecule has 0 amide bonds. The van der Waals surface area contributed by atoms with Gasteiger partial charge >= 0.3 is 5.97 Å². The van der Waals surface area contributed by atoms with E-state index in [1.165, 1.54) is 19.2 Å². The molecule has 3 rings (SSSR count). The minimum absolute atomic E-state index is 0.119. The molecule has 8 nitrogen and oxygen atoms in total. The summed E-state index contributed by atoms with van der Waals surface area (Å²) in [6, 6.07) is 15.5. The summed E-state index contributed by atoms with van der Waals surface area (Å²) in [5.41, 5.74) is 1.12. The van der Waals surface area contributed by atoms with Crippen molar-refractivity contribution in [3.05, 3.63) is 66.1 Å². The Morgan fingerprint density at radius 2 is 1.78 bits per heavy atom. The van der Waals surface area contributed by atoms with Gasteiger partial charge in [-0.15, -0.1) is 0 Å². The van der Waals surface area contributed by atoms with Crippen LogP contribution in [0, 0.1) is 0 Å². The zero-order valence-electron chi connectivity index (χ0n) is 14.7. The van der Waals surface area contributed by atoms with Crippen molar-refractivity contribution in [3.8, 4) is 11.4 Å². The number of carbonyl (C=O) groups is 1. The zero-order chi connectivity index (χ0) is 19.4. The molecule has 3 aromatic rings. The van der Waals surface area contributed by atoms with Gasteiger partial charge in [-0.25, -0.2) is 13.2 Å². The van der Waals surface area contributed by atoms with Crippen molar-refractivity contribution in [2.45, 2.75) is 6.61 Å². The highest BCUT2D eigenvalue weighted by atomic mass is 32.2. The number of anilines is 1. The predicted octanol–water partition coefficient (Wildman–Crippen LogP) is 2.49. The van der Waals surface area contributed by atoms with Crippen molar-refractivity contribution in [2.75, 3.05) is 17.6 Å². The summed E-state index contributed by atoms with van der Waals surface area (Å²) in [6.07, 6.45) is 1.05. The lowest BCUT2D eigenvalue weighted by Gasteiger charge is -2.19. The average molecular weight is 387 g/mol. The van der Waals surface area contributed by atoms with Gasteiger partial charge < -0.3 is 9.26 Å². The minimum atomic E-state index is -3.52. The van der Waals surface area contributed by atoms with E-state index in [0.717, 1.165) is 16.1 Å². The third kappa shape index (κ3) is 4.32. The van der Waals surface area contributed by atoms with Crippen LogP contribution in [0.3, 0.4) is 0 Å². The molecule has 0 aliphatic rings. The van der Waals surface area contributed by atoms with Crippen LogP contribution in [0.5, 0.6) is 0 Å². The molecule has 1 aromatic heterocycles. The second kappa shape index (κ2) is 7.58. The molecule has 0 aliphatic carbocycles. The van der Waals surface area contributed by atoms with Crippen molar-refractivity contribution in [2.24, 2.45) is 0 Å². The molecule has 0 N–H and O–H groups in total. The molecule has 0 bridgehead atoms. The maximum absolute atomic E-state index is 12.4. The van der Waals surface area contributed by atoms with Crippen LogP contribution in [0.1, 0.15) is 16.2 Å². The van der Waals surface area contributed by atoms with Crippen LogP contribution in [0.2, 0.25) is 0 Å². The summed E-state index contributed by atoms with van der Waals surface area (Å²) in [4.78, 5) is 16.6. The first-order valence-corrected chi connectivity index (χ1v) is 9.79. The fourth-order valence-corrected chi connectivity index (χ4v) is 2.84. The molecule has 27 heavy (non-hydrogen) atoms. The fraction of sp³-hybridized carbons (Fsp3) is 0.167. The Labute approximate surface area is 156 Å². The van der Waals surface area contributed by atoms with Crippen molar-refractivity contribution >= 4 is 21.7 Å². The van der Waals surface area contributed by atoms with E-state index in [1.807, 2.05) is 30.3 Å². The molecule has 9 heteroatoms. The number of benzene rings is 2. The van der Waals surface area contributed by atoms with E-state index in [0.29, 0.717) is 5.82 Å². The van der Waals surface area contributed by atoms with E-state index in [9.17, 15) is 13.2 Å². The molecule has 2 aromatic carbocycles. The predicted molar refractivity (Wildman–Crippen MR) is 98.5 cm³/mol. The molecular weight excluding hydrogens is 370 g/mol. The van der Waals surface area contributed by atoms with E-state index in [1.54, 1.807) is 12.1 Å². The minimum Gasteiger partial charge on any atom is -0.452 e. The summed E-state index contributed by atoms with van der Waals surface area (Å²) in [5, 5.41) is 3.85. The summed E-state index contributed by atoms with van der Waals surface area (Å²) in [5.74, 6) is -0.171. The quantitative estimate of drug-likeness (QED) is 0.599. The van der Waals surface area contributed by atoms with Gasteiger partial charge in [-0.3, -0.25) is 4.31 Å². The number of aromatic nitrogens is 2. The second-order valence-corrected chi connectivity index (χ2v) is 7.72. The van der Waals surface area contributed by atoms with Gasteiger partial charge in [-0.2, -0.15) is 4.98 Å². The van der Waals surface area contributed by atoms with Gasteiger partial charge in [0.05, 0.1) is 17.5 Å². The van der Waals surface area contributed by atoms with E-state index in [4.69, 9.17) is 9.26 Å². The molecule has 0 radical (unpaired) electrons. The highest BCUT2D eigenvalue weighted by Gasteiger charge is 2.21. The Morgan fingerprint density at radius 3 is 2.48 bits per heavy atom. The largest absolute Gasteiger partial charge is 0.452 e. The maximum atomic E-state index is 12.4. The smallest absolute Gasteiger partial charge is 0.340 e. The molecule has 0 aliphatic heterocycles. The number of hydrogen-bond acceptors (Lipinski definition) is 7. The van der Waals surface area contributed by atoms with E-state index in [2.05, 4.69) is 10.1 Å². The van der Waals surface area contributed by atoms with Crippen molar-refractivity contribution < 1.29 is 22.5 Å². The topological polar surface area (TPSA) is 103 Å². The highest BCUT2D eigenvalue weighted by molar-refractivity contribution is 7.92. The summed E-state index contributed by atoms with van der Waals surface area (Å²) < 4.78 is 34.8. The Hall–Kier alpha value is -3.20. The van der Waals surface area contributed by atoms with Gasteiger partial charge in [0, 0.05) is 12.6 Å². The third-order valence-corrected chi connectivity index (χ3v) is 4.98. The maximum Gasteiger partial charge on any atom is 0.340 e. The first kappa shape index (κ1) is 18.6. The van der Waals surface area contributed by atoms with E-state index in [-0.39, 0.29) is 23.7 Å². The van der Waals surface area contributed by atoms with Crippen LogP contribution in [0.25, 0.3) is 11.4 Å². The standard InChI is InChI=1S/C18H17N3O5S/c1-21(27(2,23)24)15-11-7-6-10-14(15)18(22)25-12-16-19-17(20-26-16)13-8-4-3-5-9-13/h3-11H,12H2,1-2H3. The number of ether oxygens (including phenoxy) is 1. The molecule has 0 fully saturated rings. The summed E-state index contributed by atoms with van der Waals surface area (Å²) in [6.45, 7) is -0.227. The first-order chi connectivity index (χ1) is 12.9. The Kier molecular flexibility index (Phi) is 5.22. The molecule has 0 saturated heterocycles. The number of para-hydroxylation sites is 1. The Balaban J connectivity index is 1.73. The number of hydrogen-bond donors (Lipinski definition) is 0. The molecule has 0 spiro atoms. The monoisotopic (exact) mass is 387 g/mol. The Morgan fingerprint density at radius 1 is 1.11 bits per heavy atom. The normalized spacial score (nSPS) is 11.2. The van der Waals surface area contributed by atoms with Gasteiger partial charge in [-0.1, -0.05) is 47.6 Å². The highest BCUT2D eigenvalue weighted by Crippen LogP contribution is 2.23. The second-order valence-electron chi connectivity index (χ2n) is 5.70. The van der Waals surface area contributed by atoms with Gasteiger partial charge in [0.1, 0.15) is 0 Å². The molecule has 0 saturated carbocycles. The van der Waals surface area contributed by atoms with Gasteiger partial charge in [-0.05, 0) is 12.1 Å². The van der Waals surface area contributed by atoms with E-state index < -0.39 is 16.0 Å². The molecule has 0 unspecified atom stereocenters. The fourth-order valence-electron chi connectivity index (χ4n) is 2.32. The first-order valence-electron chi connectivity index (χ1n) is 7.94. The van der Waals surface area contributed by atoms with Crippen LogP contribution in [0.4, 0.5) is 5.69 Å². The van der Waals surface area contributed by atoms with Crippen molar-refractivity contribution in [1.29, 1.82) is 0 Å². The van der Waals surface area contributed by atoms with E-state index >= 15 is 0 Å². The number of sulfonamides is 1. The number of carbonyl (C=O) groups excluding carboxylic acids is 1. The average Bonchev–Trinajstić information content (AvgIpc) is 3.14. The Bertz CT molecular complexity index is 1050. The van der Waals surface area contributed by atoms with Crippen LogP contribution in [-0.2, 0) is 21.4 Å². The van der Waals surface area contributed by atoms with Crippen LogP contribution < -0.4 is 4.31 Å². The molecular formula is C18H17N3O5S. The molecule has 1 heterocycles. The van der Waals surface area contributed by atoms with Gasteiger partial charge in [0.15, 0.2) is 6.61 Å². The van der Waals surface area contributed by atoms with Crippen molar-refractivity contribution in [1.82, 2.24) is 10.1 Å². The van der Waals surface area contributed by atoms with Gasteiger partial charge in [0.25, 0.3) is 5.89 Å². The number of nitrogens with zero attached hydrogens (tertiary/aromatic N) is 3. The van der Waals surface area contributed by atoms with Gasteiger partial charge in [0.2, 0.25) is 15.8 Å². The number of rotatable bonds is 6. The molecule has 0 atom stereocenters. The SMILES string of the molecule is CN(c1ccccc1C(=O)OCc1nc(-c2ccccc2)no1)S(C)(=O)=O. The van der Waals surface area contributed by atoms with Crippen LogP contribution in [-0.4, -0.2) is 37.8 Å². The lowest BCUT2D eigenvalue weighted by atomic mass is 10.2. The number of esters is 1. The lowest BCUT2D eigenvalue weighted by molar-refractivity contribution is 0.0431. The third-order valence-electron chi connectivity index (χ3n) is 3.79. The lowest BCUT2D eigenvalue weighted by Crippen LogP contribution is -2.26. The summed E-state index contributed by atoms with van der Waals surface area (Å²) >= 11 is 0. The summed E-state index contributed by atoms with van der Waals surface area (Å²) in [7, 11) is -2.15. The zero-order valence-corrected chi connectivity index (χ0v) is 15.5. The van der Waals surface area contributed by atoms with Crippen LogP contribution in [0.15, 0.2) is 59.1 Å². The van der Waals surface area contributed by atoms with Crippen LogP contribution >= 0.6 is 0 Å².